The Morgan fingerprint density at radius 1 is 1.21 bits per heavy atom. The van der Waals surface area contributed by atoms with E-state index in [0.29, 0.717) is 5.82 Å². The largest absolute Gasteiger partial charge is 0.384 e. The van der Waals surface area contributed by atoms with E-state index in [-0.39, 0.29) is 0 Å². The molecule has 3 nitrogen and oxygen atoms in total. The molecule has 1 aromatic heterocycles. The van der Waals surface area contributed by atoms with Crippen molar-refractivity contribution in [3.63, 3.8) is 0 Å². The van der Waals surface area contributed by atoms with Crippen molar-refractivity contribution in [2.45, 2.75) is 13.8 Å². The monoisotopic (exact) mass is 187 g/mol. The molecule has 0 radical (unpaired) electrons. The quantitative estimate of drug-likeness (QED) is 0.742. The second-order valence-electron chi connectivity index (χ2n) is 3.39. The Hall–Kier alpha value is -1.77. The van der Waals surface area contributed by atoms with Gasteiger partial charge >= 0.3 is 0 Å². The number of aromatic nitrogens is 2. The first-order valence-corrected chi connectivity index (χ1v) is 4.56. The molecule has 0 fully saturated rings. The van der Waals surface area contributed by atoms with Crippen molar-refractivity contribution in [1.82, 2.24) is 9.78 Å². The van der Waals surface area contributed by atoms with Crippen LogP contribution in [0.5, 0.6) is 0 Å². The van der Waals surface area contributed by atoms with Crippen LogP contribution in [0.4, 0.5) is 5.82 Å². The lowest BCUT2D eigenvalue weighted by atomic mass is 10.1. The lowest BCUT2D eigenvalue weighted by Gasteiger charge is -2.09. The molecule has 0 bridgehead atoms. The van der Waals surface area contributed by atoms with Gasteiger partial charge in [-0.15, -0.1) is 0 Å². The molecule has 0 spiro atoms. The molecule has 14 heavy (non-hydrogen) atoms. The third-order valence-electron chi connectivity index (χ3n) is 2.48. The fraction of sp³-hybridized carbons (Fsp3) is 0.182. The molecule has 0 saturated carbocycles. The van der Waals surface area contributed by atoms with Gasteiger partial charge in [-0.25, -0.2) is 4.68 Å². The highest BCUT2D eigenvalue weighted by Gasteiger charge is 2.05. The predicted molar refractivity (Wildman–Crippen MR) is 57.5 cm³/mol. The van der Waals surface area contributed by atoms with Gasteiger partial charge in [0.15, 0.2) is 0 Å². The summed E-state index contributed by atoms with van der Waals surface area (Å²) in [6.07, 6.45) is 1.71. The Kier molecular flexibility index (Phi) is 2.00. The van der Waals surface area contributed by atoms with Crippen LogP contribution < -0.4 is 5.73 Å². The smallest absolute Gasteiger partial charge is 0.127 e. The maximum Gasteiger partial charge on any atom is 0.127 e. The number of aryl methyl sites for hydroxylation is 1. The van der Waals surface area contributed by atoms with Crippen LogP contribution in [0, 0.1) is 13.8 Å². The molecule has 72 valence electrons. The number of benzene rings is 1. The van der Waals surface area contributed by atoms with Gasteiger partial charge in [0.1, 0.15) is 5.82 Å². The van der Waals surface area contributed by atoms with E-state index in [4.69, 9.17) is 5.73 Å². The summed E-state index contributed by atoms with van der Waals surface area (Å²) in [7, 11) is 0. The van der Waals surface area contributed by atoms with Gasteiger partial charge in [-0.05, 0) is 31.0 Å². The van der Waals surface area contributed by atoms with Crippen LogP contribution >= 0.6 is 0 Å². The van der Waals surface area contributed by atoms with Crippen molar-refractivity contribution >= 4 is 5.82 Å². The normalized spacial score (nSPS) is 10.4. The standard InChI is InChI=1S/C11H13N3/c1-8-4-3-5-10(9(8)2)14-11(12)6-7-13-14/h3-7H,12H2,1-2H3. The zero-order valence-corrected chi connectivity index (χ0v) is 8.36. The first-order valence-electron chi connectivity index (χ1n) is 4.56. The topological polar surface area (TPSA) is 43.8 Å². The lowest BCUT2D eigenvalue weighted by molar-refractivity contribution is 0.881. The third kappa shape index (κ3) is 1.27. The number of hydrogen-bond donors (Lipinski definition) is 1. The maximum atomic E-state index is 5.79. The van der Waals surface area contributed by atoms with E-state index in [0.717, 1.165) is 5.69 Å². The fourth-order valence-corrected chi connectivity index (χ4v) is 1.48. The molecule has 0 unspecified atom stereocenters. The van der Waals surface area contributed by atoms with Crippen molar-refractivity contribution in [2.75, 3.05) is 5.73 Å². The molecule has 0 aliphatic rings. The molecule has 1 heterocycles. The highest BCUT2D eigenvalue weighted by molar-refractivity contribution is 5.48. The van der Waals surface area contributed by atoms with E-state index < -0.39 is 0 Å². The van der Waals surface area contributed by atoms with Crippen LogP contribution in [-0.2, 0) is 0 Å². The number of anilines is 1. The molecule has 0 aliphatic heterocycles. The summed E-state index contributed by atoms with van der Waals surface area (Å²) in [5.74, 6) is 0.665. The number of rotatable bonds is 1. The van der Waals surface area contributed by atoms with Gasteiger partial charge in [0.2, 0.25) is 0 Å². The average molecular weight is 187 g/mol. The van der Waals surface area contributed by atoms with Gasteiger partial charge in [-0.3, -0.25) is 0 Å². The highest BCUT2D eigenvalue weighted by Crippen LogP contribution is 2.18. The van der Waals surface area contributed by atoms with Gasteiger partial charge in [-0.2, -0.15) is 5.10 Å². The van der Waals surface area contributed by atoms with Gasteiger partial charge in [0, 0.05) is 6.07 Å². The number of nitrogens with two attached hydrogens (primary N) is 1. The predicted octanol–water partition coefficient (Wildman–Crippen LogP) is 2.07. The lowest BCUT2D eigenvalue weighted by Crippen LogP contribution is -2.04. The number of hydrogen-bond acceptors (Lipinski definition) is 2. The van der Waals surface area contributed by atoms with E-state index in [1.807, 2.05) is 12.1 Å². The first kappa shape index (κ1) is 8.81. The molecule has 2 rings (SSSR count). The van der Waals surface area contributed by atoms with E-state index in [9.17, 15) is 0 Å². The summed E-state index contributed by atoms with van der Waals surface area (Å²) in [5, 5.41) is 4.18. The molecule has 2 N–H and O–H groups in total. The van der Waals surface area contributed by atoms with Gasteiger partial charge in [0.05, 0.1) is 11.9 Å². The second kappa shape index (κ2) is 3.18. The summed E-state index contributed by atoms with van der Waals surface area (Å²) in [6, 6.07) is 7.91. The summed E-state index contributed by atoms with van der Waals surface area (Å²) >= 11 is 0. The van der Waals surface area contributed by atoms with Gasteiger partial charge < -0.3 is 5.73 Å². The van der Waals surface area contributed by atoms with E-state index in [2.05, 4.69) is 25.0 Å². The molecule has 0 saturated heterocycles. The minimum atomic E-state index is 0.665. The van der Waals surface area contributed by atoms with Crippen LogP contribution in [0.15, 0.2) is 30.5 Å². The minimum Gasteiger partial charge on any atom is -0.384 e. The van der Waals surface area contributed by atoms with Gasteiger partial charge in [-0.1, -0.05) is 12.1 Å². The Morgan fingerprint density at radius 2 is 2.00 bits per heavy atom. The first-order chi connectivity index (χ1) is 6.70. The fourth-order valence-electron chi connectivity index (χ4n) is 1.48. The average Bonchev–Trinajstić information content (AvgIpc) is 2.57. The molecule has 2 aromatic rings. The van der Waals surface area contributed by atoms with Crippen LogP contribution in [0.1, 0.15) is 11.1 Å². The van der Waals surface area contributed by atoms with Crippen LogP contribution in [0.2, 0.25) is 0 Å². The Labute approximate surface area is 83.2 Å². The van der Waals surface area contributed by atoms with Crippen molar-refractivity contribution < 1.29 is 0 Å². The van der Waals surface area contributed by atoms with Crippen LogP contribution in [0.3, 0.4) is 0 Å². The molecule has 3 heteroatoms. The zero-order valence-electron chi connectivity index (χ0n) is 8.36. The molecule has 0 atom stereocenters. The van der Waals surface area contributed by atoms with Crippen LogP contribution in [0.25, 0.3) is 5.69 Å². The summed E-state index contributed by atoms with van der Waals surface area (Å²) in [4.78, 5) is 0. The molecule has 0 aliphatic carbocycles. The summed E-state index contributed by atoms with van der Waals surface area (Å²) in [6.45, 7) is 4.16. The molecule has 1 aromatic carbocycles. The van der Waals surface area contributed by atoms with E-state index in [1.54, 1.807) is 16.9 Å². The molecular formula is C11H13N3. The molecule has 0 amide bonds. The van der Waals surface area contributed by atoms with E-state index >= 15 is 0 Å². The number of nitrogens with zero attached hydrogens (tertiary/aromatic N) is 2. The van der Waals surface area contributed by atoms with Crippen molar-refractivity contribution in [2.24, 2.45) is 0 Å². The summed E-state index contributed by atoms with van der Waals surface area (Å²) < 4.78 is 1.75. The van der Waals surface area contributed by atoms with Crippen molar-refractivity contribution in [3.05, 3.63) is 41.6 Å². The third-order valence-corrected chi connectivity index (χ3v) is 2.48. The minimum absolute atomic E-state index is 0.665. The maximum absolute atomic E-state index is 5.79. The second-order valence-corrected chi connectivity index (χ2v) is 3.39. The van der Waals surface area contributed by atoms with Crippen LogP contribution in [-0.4, -0.2) is 9.78 Å². The SMILES string of the molecule is Cc1cccc(-n2nccc2N)c1C. The van der Waals surface area contributed by atoms with Gasteiger partial charge in [0.25, 0.3) is 0 Å². The Balaban J connectivity index is 2.63. The highest BCUT2D eigenvalue weighted by atomic mass is 15.3. The van der Waals surface area contributed by atoms with Crippen molar-refractivity contribution in [1.29, 1.82) is 0 Å². The molecular weight excluding hydrogens is 174 g/mol. The summed E-state index contributed by atoms with van der Waals surface area (Å²) in [5.41, 5.74) is 9.30. The zero-order chi connectivity index (χ0) is 10.1. The number of nitrogen functional groups attached to an aromatic ring is 1. The van der Waals surface area contributed by atoms with Crippen molar-refractivity contribution in [3.8, 4) is 5.69 Å². The Morgan fingerprint density at radius 3 is 2.64 bits per heavy atom. The Bertz CT molecular complexity index is 457. The van der Waals surface area contributed by atoms with E-state index in [1.165, 1.54) is 11.1 Å².